The summed E-state index contributed by atoms with van der Waals surface area (Å²) in [6.45, 7) is -0.184. The molecule has 0 unspecified atom stereocenters. The van der Waals surface area contributed by atoms with Gasteiger partial charge in [-0.3, -0.25) is 4.79 Å². The van der Waals surface area contributed by atoms with Crippen molar-refractivity contribution in [2.24, 2.45) is 0 Å². The van der Waals surface area contributed by atoms with Gasteiger partial charge < -0.3 is 15.2 Å². The number of alkyl carbamates (subject to hydrolysis) is 1. The minimum Gasteiger partial charge on any atom is -0.481 e. The first-order valence-corrected chi connectivity index (χ1v) is 11.0. The van der Waals surface area contributed by atoms with Gasteiger partial charge in [-0.25, -0.2) is 4.79 Å². The van der Waals surface area contributed by atoms with Crippen LogP contribution in [0, 0.1) is 0 Å². The largest absolute Gasteiger partial charge is 0.481 e. The second-order valence-corrected chi connectivity index (χ2v) is 8.46. The van der Waals surface area contributed by atoms with Crippen LogP contribution >= 0.6 is 0 Å². The van der Waals surface area contributed by atoms with E-state index in [1.165, 1.54) is 0 Å². The van der Waals surface area contributed by atoms with E-state index in [1.807, 2.05) is 48.5 Å². The summed E-state index contributed by atoms with van der Waals surface area (Å²) in [6, 6.07) is 13.8. The van der Waals surface area contributed by atoms with Crippen LogP contribution in [-0.4, -0.2) is 23.8 Å². The SMILES string of the molecule is O=C(O)C[C@@H](NC(=O)OCC1c2ccccc2-c2ccccc21)c1cc(C(F)(F)F)cc(C(F)(F)F)c1. The molecule has 2 N–H and O–H groups in total. The van der Waals surface area contributed by atoms with Gasteiger partial charge in [0.1, 0.15) is 6.61 Å². The van der Waals surface area contributed by atoms with Crippen molar-refractivity contribution in [1.82, 2.24) is 5.32 Å². The van der Waals surface area contributed by atoms with E-state index >= 15 is 0 Å². The molecule has 0 fully saturated rings. The molecule has 37 heavy (non-hydrogen) atoms. The number of amides is 1. The number of carboxylic acids is 1. The highest BCUT2D eigenvalue weighted by Crippen LogP contribution is 2.44. The summed E-state index contributed by atoms with van der Waals surface area (Å²) in [5.74, 6) is -1.91. The number of alkyl halides is 6. The highest BCUT2D eigenvalue weighted by molar-refractivity contribution is 5.79. The zero-order valence-electron chi connectivity index (χ0n) is 18.9. The fraction of sp³-hybridized carbons (Fsp3) is 0.231. The van der Waals surface area contributed by atoms with Crippen LogP contribution in [0.2, 0.25) is 0 Å². The number of hydrogen-bond donors (Lipinski definition) is 2. The number of rotatable bonds is 6. The van der Waals surface area contributed by atoms with Gasteiger partial charge in [-0.05, 0) is 46.0 Å². The first kappa shape index (κ1) is 26.1. The maximum Gasteiger partial charge on any atom is 0.416 e. The monoisotopic (exact) mass is 523 g/mol. The zero-order valence-corrected chi connectivity index (χ0v) is 18.9. The first-order chi connectivity index (χ1) is 17.3. The molecule has 0 heterocycles. The minimum atomic E-state index is -5.13. The standard InChI is InChI=1S/C26H19F6NO4/c27-25(28,29)15-9-14(10-16(11-15)26(30,31)32)22(12-23(34)35)33-24(36)37-13-21-19-7-3-1-5-17(19)18-6-2-4-8-20(18)21/h1-11,21-22H,12-13H2,(H,33,36)(H,34,35)/t22-/m1/s1. The maximum absolute atomic E-state index is 13.3. The molecule has 3 aromatic rings. The molecule has 0 bridgehead atoms. The quantitative estimate of drug-likeness (QED) is 0.350. The number of aliphatic carboxylic acids is 1. The Morgan fingerprint density at radius 2 is 1.32 bits per heavy atom. The van der Waals surface area contributed by atoms with E-state index in [4.69, 9.17) is 4.74 Å². The number of benzene rings is 3. The Labute approximate surface area is 206 Å². The van der Waals surface area contributed by atoms with Gasteiger partial charge >= 0.3 is 24.4 Å². The Balaban J connectivity index is 1.57. The van der Waals surface area contributed by atoms with Crippen LogP contribution in [0.15, 0.2) is 66.7 Å². The van der Waals surface area contributed by atoms with Crippen LogP contribution in [0.1, 0.15) is 46.2 Å². The number of carbonyl (C=O) groups is 2. The van der Waals surface area contributed by atoms with Gasteiger partial charge in [0.25, 0.3) is 0 Å². The molecule has 1 aliphatic rings. The topological polar surface area (TPSA) is 75.6 Å². The van der Waals surface area contributed by atoms with Crippen LogP contribution < -0.4 is 5.32 Å². The lowest BCUT2D eigenvalue weighted by Crippen LogP contribution is -2.32. The lowest BCUT2D eigenvalue weighted by molar-refractivity contribution is -0.143. The number of halogens is 6. The Morgan fingerprint density at radius 1 is 0.838 bits per heavy atom. The summed E-state index contributed by atoms with van der Waals surface area (Å²) >= 11 is 0. The third-order valence-corrected chi connectivity index (χ3v) is 6.03. The Kier molecular flexibility index (Phi) is 6.90. The molecule has 4 rings (SSSR count). The van der Waals surface area contributed by atoms with Gasteiger partial charge in [0.15, 0.2) is 0 Å². The minimum absolute atomic E-state index is 0.0748. The van der Waals surface area contributed by atoms with Crippen LogP contribution in [0.5, 0.6) is 0 Å². The van der Waals surface area contributed by atoms with Crippen molar-refractivity contribution in [2.45, 2.75) is 30.7 Å². The summed E-state index contributed by atoms with van der Waals surface area (Å²) < 4.78 is 84.9. The van der Waals surface area contributed by atoms with Crippen molar-refractivity contribution in [2.75, 3.05) is 6.61 Å². The summed E-state index contributed by atoms with van der Waals surface area (Å²) in [7, 11) is 0. The fourth-order valence-electron chi connectivity index (χ4n) is 4.39. The highest BCUT2D eigenvalue weighted by Gasteiger charge is 2.38. The summed E-state index contributed by atoms with van der Waals surface area (Å²) in [4.78, 5) is 23.9. The van der Waals surface area contributed by atoms with Crippen molar-refractivity contribution in [3.63, 3.8) is 0 Å². The molecule has 0 radical (unpaired) electrons. The smallest absolute Gasteiger partial charge is 0.416 e. The van der Waals surface area contributed by atoms with Crippen LogP contribution in [0.4, 0.5) is 31.1 Å². The van der Waals surface area contributed by atoms with Gasteiger partial charge in [-0.15, -0.1) is 0 Å². The van der Waals surface area contributed by atoms with Crippen LogP contribution in [-0.2, 0) is 21.9 Å². The van der Waals surface area contributed by atoms with Crippen molar-refractivity contribution < 1.29 is 45.8 Å². The number of fused-ring (bicyclic) bond motifs is 3. The number of carboxylic acid groups (broad SMARTS) is 1. The molecule has 194 valence electrons. The average Bonchev–Trinajstić information content (AvgIpc) is 3.14. The average molecular weight is 523 g/mol. The molecule has 0 spiro atoms. The molecule has 0 aliphatic heterocycles. The van der Waals surface area contributed by atoms with E-state index in [-0.39, 0.29) is 18.6 Å². The lowest BCUT2D eigenvalue weighted by atomic mass is 9.97. The zero-order chi connectivity index (χ0) is 27.0. The third kappa shape index (κ3) is 5.71. The maximum atomic E-state index is 13.3. The van der Waals surface area contributed by atoms with Gasteiger partial charge in [0, 0.05) is 5.92 Å². The molecule has 5 nitrogen and oxygen atoms in total. The Morgan fingerprint density at radius 3 is 1.78 bits per heavy atom. The van der Waals surface area contributed by atoms with Gasteiger partial charge in [-0.2, -0.15) is 26.3 Å². The van der Waals surface area contributed by atoms with Crippen LogP contribution in [0.25, 0.3) is 11.1 Å². The number of nitrogens with one attached hydrogen (secondary N) is 1. The van der Waals surface area contributed by atoms with E-state index < -0.39 is 53.6 Å². The van der Waals surface area contributed by atoms with Gasteiger partial charge in [0.2, 0.25) is 0 Å². The van der Waals surface area contributed by atoms with E-state index in [2.05, 4.69) is 5.32 Å². The summed E-state index contributed by atoms with van der Waals surface area (Å²) in [5.41, 5.74) is -0.265. The van der Waals surface area contributed by atoms with Crippen LogP contribution in [0.3, 0.4) is 0 Å². The lowest BCUT2D eigenvalue weighted by Gasteiger charge is -2.21. The molecule has 0 saturated heterocycles. The van der Waals surface area contributed by atoms with Crippen molar-refractivity contribution in [3.8, 4) is 11.1 Å². The molecule has 3 aromatic carbocycles. The van der Waals surface area contributed by atoms with Crippen molar-refractivity contribution in [1.29, 1.82) is 0 Å². The molecular formula is C26H19F6NO4. The molecule has 0 saturated carbocycles. The Hall–Kier alpha value is -4.02. The second kappa shape index (κ2) is 9.79. The van der Waals surface area contributed by atoms with Gasteiger partial charge in [-0.1, -0.05) is 48.5 Å². The Bertz CT molecular complexity index is 1260. The molecule has 1 atom stereocenters. The fourth-order valence-corrected chi connectivity index (χ4v) is 4.39. The number of ether oxygens (including phenoxy) is 1. The van der Waals surface area contributed by atoms with E-state index in [0.717, 1.165) is 22.3 Å². The number of hydrogen-bond acceptors (Lipinski definition) is 3. The van der Waals surface area contributed by atoms with Crippen molar-refractivity contribution >= 4 is 12.1 Å². The molecule has 0 aromatic heterocycles. The van der Waals surface area contributed by atoms with E-state index in [1.54, 1.807) is 0 Å². The normalized spacial score (nSPS) is 14.0. The molecule has 11 heteroatoms. The van der Waals surface area contributed by atoms with E-state index in [0.29, 0.717) is 12.1 Å². The molecule has 1 aliphatic carbocycles. The highest BCUT2D eigenvalue weighted by atomic mass is 19.4. The number of carbonyl (C=O) groups excluding carboxylic acids is 1. The summed E-state index contributed by atoms with van der Waals surface area (Å²) in [5, 5.41) is 11.3. The predicted molar refractivity (Wildman–Crippen MR) is 120 cm³/mol. The van der Waals surface area contributed by atoms with Crippen molar-refractivity contribution in [3.05, 3.63) is 94.5 Å². The molecular weight excluding hydrogens is 504 g/mol. The van der Waals surface area contributed by atoms with E-state index in [9.17, 15) is 41.0 Å². The summed E-state index contributed by atoms with van der Waals surface area (Å²) in [6.07, 6.45) is -12.4. The third-order valence-electron chi connectivity index (χ3n) is 6.03. The first-order valence-electron chi connectivity index (χ1n) is 11.0. The second-order valence-electron chi connectivity index (χ2n) is 8.46. The molecule has 1 amide bonds. The van der Waals surface area contributed by atoms with Gasteiger partial charge in [0.05, 0.1) is 23.6 Å². The predicted octanol–water partition coefficient (Wildman–Crippen LogP) is 6.78.